The molecule has 0 atom stereocenters. The lowest BCUT2D eigenvalue weighted by molar-refractivity contribution is -0.154. The van der Waals surface area contributed by atoms with Gasteiger partial charge < -0.3 is 5.11 Å². The van der Waals surface area contributed by atoms with E-state index in [4.69, 9.17) is 0 Å². The molecule has 0 heterocycles. The summed E-state index contributed by atoms with van der Waals surface area (Å²) in [6.45, 7) is 1.89. The molecular formula is C13H15FO2. The predicted molar refractivity (Wildman–Crippen MR) is 58.8 cm³/mol. The molecule has 1 aromatic carbocycles. The number of hydrogen-bond donors (Lipinski definition) is 1. The Kier molecular flexibility index (Phi) is 2.70. The van der Waals surface area contributed by atoms with Crippen molar-refractivity contribution in [2.24, 2.45) is 5.41 Å². The Bertz CT molecular complexity index is 422. The van der Waals surface area contributed by atoms with Gasteiger partial charge in [0.1, 0.15) is 5.82 Å². The monoisotopic (exact) mass is 222 g/mol. The minimum Gasteiger partial charge on any atom is -0.481 e. The van der Waals surface area contributed by atoms with Gasteiger partial charge in [0.2, 0.25) is 0 Å². The van der Waals surface area contributed by atoms with Crippen molar-refractivity contribution in [1.29, 1.82) is 0 Å². The Balaban J connectivity index is 2.26. The van der Waals surface area contributed by atoms with Crippen molar-refractivity contribution in [2.75, 3.05) is 0 Å². The standard InChI is InChI=1S/C13H15FO2/c1-9-3-4-11(14)7-10(9)8-13(12(15)16)5-2-6-13/h3-4,7H,2,5-6,8H2,1H3,(H,15,16). The molecule has 0 bridgehead atoms. The van der Waals surface area contributed by atoms with E-state index in [1.54, 1.807) is 6.07 Å². The zero-order chi connectivity index (χ0) is 11.8. The highest BCUT2D eigenvalue weighted by atomic mass is 19.1. The van der Waals surface area contributed by atoms with Crippen LogP contribution in [0.1, 0.15) is 30.4 Å². The van der Waals surface area contributed by atoms with E-state index in [1.807, 2.05) is 6.92 Å². The molecule has 0 unspecified atom stereocenters. The van der Waals surface area contributed by atoms with Gasteiger partial charge in [-0.05, 0) is 49.4 Å². The molecule has 86 valence electrons. The fraction of sp³-hybridized carbons (Fsp3) is 0.462. The normalized spacial score (nSPS) is 17.9. The second-order valence-electron chi connectivity index (χ2n) is 4.69. The Hall–Kier alpha value is -1.38. The fourth-order valence-electron chi connectivity index (χ4n) is 2.26. The fourth-order valence-corrected chi connectivity index (χ4v) is 2.26. The van der Waals surface area contributed by atoms with Crippen LogP contribution >= 0.6 is 0 Å². The highest BCUT2D eigenvalue weighted by Gasteiger charge is 2.44. The third kappa shape index (κ3) is 1.82. The summed E-state index contributed by atoms with van der Waals surface area (Å²) in [6, 6.07) is 4.57. The van der Waals surface area contributed by atoms with Crippen LogP contribution in [0, 0.1) is 18.2 Å². The Labute approximate surface area is 94.1 Å². The third-order valence-corrected chi connectivity index (χ3v) is 3.60. The summed E-state index contributed by atoms with van der Waals surface area (Å²) in [5.41, 5.74) is 1.15. The van der Waals surface area contributed by atoms with Crippen LogP contribution in [0.3, 0.4) is 0 Å². The smallest absolute Gasteiger partial charge is 0.309 e. The third-order valence-electron chi connectivity index (χ3n) is 3.60. The maximum Gasteiger partial charge on any atom is 0.309 e. The highest BCUT2D eigenvalue weighted by Crippen LogP contribution is 2.44. The summed E-state index contributed by atoms with van der Waals surface area (Å²) in [6.07, 6.45) is 2.82. The van der Waals surface area contributed by atoms with Crippen molar-refractivity contribution >= 4 is 5.97 Å². The van der Waals surface area contributed by atoms with Crippen molar-refractivity contribution in [3.8, 4) is 0 Å². The molecule has 1 aliphatic rings. The lowest BCUT2D eigenvalue weighted by Gasteiger charge is -2.38. The van der Waals surface area contributed by atoms with Crippen molar-refractivity contribution in [3.05, 3.63) is 35.1 Å². The maximum atomic E-state index is 13.1. The number of halogens is 1. The number of rotatable bonds is 3. The molecule has 0 amide bonds. The van der Waals surface area contributed by atoms with E-state index in [1.165, 1.54) is 12.1 Å². The number of aliphatic carboxylic acids is 1. The van der Waals surface area contributed by atoms with Crippen molar-refractivity contribution in [1.82, 2.24) is 0 Å². The van der Waals surface area contributed by atoms with Crippen LogP contribution in [-0.2, 0) is 11.2 Å². The van der Waals surface area contributed by atoms with Crippen LogP contribution < -0.4 is 0 Å². The quantitative estimate of drug-likeness (QED) is 0.853. The number of hydrogen-bond acceptors (Lipinski definition) is 1. The van der Waals surface area contributed by atoms with Crippen LogP contribution in [0.2, 0.25) is 0 Å². The molecule has 1 fully saturated rings. The number of aryl methyl sites for hydroxylation is 1. The molecule has 0 aromatic heterocycles. The molecule has 1 saturated carbocycles. The van der Waals surface area contributed by atoms with Gasteiger partial charge in [-0.25, -0.2) is 4.39 Å². The predicted octanol–water partition coefficient (Wildman–Crippen LogP) is 2.93. The van der Waals surface area contributed by atoms with E-state index >= 15 is 0 Å². The van der Waals surface area contributed by atoms with E-state index in [-0.39, 0.29) is 5.82 Å². The first kappa shape index (κ1) is 11.1. The first-order valence-corrected chi connectivity index (χ1v) is 5.52. The average Bonchev–Trinajstić information content (AvgIpc) is 2.16. The molecule has 0 spiro atoms. The van der Waals surface area contributed by atoms with E-state index < -0.39 is 11.4 Å². The molecule has 3 heteroatoms. The van der Waals surface area contributed by atoms with Crippen LogP contribution in [0.25, 0.3) is 0 Å². The first-order chi connectivity index (χ1) is 7.53. The Morgan fingerprint density at radius 3 is 2.69 bits per heavy atom. The van der Waals surface area contributed by atoms with Crippen LogP contribution in [-0.4, -0.2) is 11.1 Å². The molecule has 0 saturated heterocycles. The Morgan fingerprint density at radius 2 is 2.19 bits per heavy atom. The zero-order valence-electron chi connectivity index (χ0n) is 9.29. The van der Waals surface area contributed by atoms with Gasteiger partial charge in [0, 0.05) is 0 Å². The van der Waals surface area contributed by atoms with Gasteiger partial charge in [-0.2, -0.15) is 0 Å². The number of carbonyl (C=O) groups is 1. The molecule has 1 aromatic rings. The molecule has 1 aliphatic carbocycles. The second kappa shape index (κ2) is 3.89. The zero-order valence-corrected chi connectivity index (χ0v) is 9.29. The molecule has 2 nitrogen and oxygen atoms in total. The molecule has 2 rings (SSSR count). The van der Waals surface area contributed by atoms with E-state index in [9.17, 15) is 14.3 Å². The summed E-state index contributed by atoms with van der Waals surface area (Å²) >= 11 is 0. The van der Waals surface area contributed by atoms with E-state index in [2.05, 4.69) is 0 Å². The topological polar surface area (TPSA) is 37.3 Å². The minimum absolute atomic E-state index is 0.291. The highest BCUT2D eigenvalue weighted by molar-refractivity contribution is 5.76. The van der Waals surface area contributed by atoms with Gasteiger partial charge >= 0.3 is 5.97 Å². The van der Waals surface area contributed by atoms with Crippen molar-refractivity contribution < 1.29 is 14.3 Å². The summed E-state index contributed by atoms with van der Waals surface area (Å²) in [7, 11) is 0. The Morgan fingerprint density at radius 1 is 1.50 bits per heavy atom. The van der Waals surface area contributed by atoms with Crippen molar-refractivity contribution in [3.63, 3.8) is 0 Å². The van der Waals surface area contributed by atoms with Gasteiger partial charge in [-0.3, -0.25) is 4.79 Å². The largest absolute Gasteiger partial charge is 0.481 e. The molecule has 1 N–H and O–H groups in total. The average molecular weight is 222 g/mol. The van der Waals surface area contributed by atoms with E-state index in [0.29, 0.717) is 19.3 Å². The van der Waals surface area contributed by atoms with Gasteiger partial charge in [0.15, 0.2) is 0 Å². The van der Waals surface area contributed by atoms with Crippen LogP contribution in [0.15, 0.2) is 18.2 Å². The molecule has 0 aliphatic heterocycles. The lowest BCUT2D eigenvalue weighted by Crippen LogP contribution is -2.40. The summed E-state index contributed by atoms with van der Waals surface area (Å²) in [5, 5.41) is 9.21. The van der Waals surface area contributed by atoms with Crippen LogP contribution in [0.4, 0.5) is 4.39 Å². The molecule has 0 radical (unpaired) electrons. The summed E-state index contributed by atoms with van der Waals surface area (Å²) in [4.78, 5) is 11.2. The van der Waals surface area contributed by atoms with Crippen molar-refractivity contribution in [2.45, 2.75) is 32.6 Å². The van der Waals surface area contributed by atoms with Crippen LogP contribution in [0.5, 0.6) is 0 Å². The number of carboxylic acids is 1. The lowest BCUT2D eigenvalue weighted by atomic mass is 9.65. The van der Waals surface area contributed by atoms with E-state index in [0.717, 1.165) is 17.5 Å². The maximum absolute atomic E-state index is 13.1. The first-order valence-electron chi connectivity index (χ1n) is 5.52. The number of benzene rings is 1. The van der Waals surface area contributed by atoms with Gasteiger partial charge in [-0.15, -0.1) is 0 Å². The molecular weight excluding hydrogens is 207 g/mol. The van der Waals surface area contributed by atoms with Gasteiger partial charge in [-0.1, -0.05) is 12.5 Å². The summed E-state index contributed by atoms with van der Waals surface area (Å²) < 4.78 is 13.1. The van der Waals surface area contributed by atoms with Gasteiger partial charge in [0.05, 0.1) is 5.41 Å². The second-order valence-corrected chi connectivity index (χ2v) is 4.69. The SMILES string of the molecule is Cc1ccc(F)cc1CC1(C(=O)O)CCC1. The minimum atomic E-state index is -0.748. The number of carboxylic acid groups (broad SMARTS) is 1. The summed E-state index contributed by atoms with van der Waals surface area (Å²) in [5.74, 6) is -1.04. The molecule has 16 heavy (non-hydrogen) atoms. The van der Waals surface area contributed by atoms with Gasteiger partial charge in [0.25, 0.3) is 0 Å².